The molecule has 138 valence electrons. The molecular weight excluding hydrogens is 329 g/mol. The fourth-order valence-corrected chi connectivity index (χ4v) is 3.34. The quantitative estimate of drug-likeness (QED) is 0.686. The van der Waals surface area contributed by atoms with Crippen LogP contribution in [0.3, 0.4) is 0 Å². The number of hydrogen-bond acceptors (Lipinski definition) is 2. The Hall–Kier alpha value is -0.950. The molecule has 1 aliphatic heterocycles. The Kier molecular flexibility index (Phi) is 5.45. The minimum Gasteiger partial charge on any atom is -0.370 e. The van der Waals surface area contributed by atoms with E-state index < -0.39 is 23.3 Å². The summed E-state index contributed by atoms with van der Waals surface area (Å²) in [5.41, 5.74) is -1.91. The van der Waals surface area contributed by atoms with Gasteiger partial charge in [-0.2, -0.15) is 22.0 Å². The topological polar surface area (TPSA) is 12.5 Å². The maximum atomic E-state index is 13.9. The van der Waals surface area contributed by atoms with Crippen molar-refractivity contribution in [3.05, 3.63) is 23.3 Å². The highest BCUT2D eigenvalue weighted by Crippen LogP contribution is 2.49. The first kappa shape index (κ1) is 19.4. The van der Waals surface area contributed by atoms with Crippen molar-refractivity contribution in [2.24, 2.45) is 5.92 Å². The highest BCUT2D eigenvalue weighted by molar-refractivity contribution is 5.37. The van der Waals surface area contributed by atoms with Crippen molar-refractivity contribution in [1.82, 2.24) is 4.90 Å². The highest BCUT2D eigenvalue weighted by Gasteiger charge is 2.64. The van der Waals surface area contributed by atoms with Gasteiger partial charge in [-0.25, -0.2) is 0 Å². The van der Waals surface area contributed by atoms with Crippen molar-refractivity contribution in [2.75, 3.05) is 26.7 Å². The van der Waals surface area contributed by atoms with Gasteiger partial charge in [-0.1, -0.05) is 17.7 Å². The van der Waals surface area contributed by atoms with Gasteiger partial charge in [0.1, 0.15) is 0 Å². The van der Waals surface area contributed by atoms with E-state index in [1.807, 2.05) is 7.05 Å². The van der Waals surface area contributed by atoms with E-state index in [0.717, 1.165) is 37.6 Å². The zero-order valence-corrected chi connectivity index (χ0v) is 14.2. The van der Waals surface area contributed by atoms with Crippen LogP contribution in [0.15, 0.2) is 23.3 Å². The van der Waals surface area contributed by atoms with Crippen LogP contribution >= 0.6 is 0 Å². The van der Waals surface area contributed by atoms with Gasteiger partial charge in [0.2, 0.25) is 0 Å². The number of ether oxygens (including phenoxy) is 1. The molecule has 1 heterocycles. The summed E-state index contributed by atoms with van der Waals surface area (Å²) in [5, 5.41) is 0. The molecule has 0 amide bonds. The van der Waals surface area contributed by atoms with Crippen LogP contribution in [0.5, 0.6) is 0 Å². The van der Waals surface area contributed by atoms with E-state index in [0.29, 0.717) is 0 Å². The Labute approximate surface area is 139 Å². The van der Waals surface area contributed by atoms with Gasteiger partial charge in [-0.3, -0.25) is 0 Å². The fraction of sp³-hybridized carbons (Fsp3) is 0.765. The van der Waals surface area contributed by atoms with E-state index >= 15 is 0 Å². The second-order valence-electron chi connectivity index (χ2n) is 7.13. The maximum Gasteiger partial charge on any atom is 0.457 e. The van der Waals surface area contributed by atoms with Crippen molar-refractivity contribution in [2.45, 2.75) is 50.8 Å². The predicted molar refractivity (Wildman–Crippen MR) is 82.0 cm³/mol. The Morgan fingerprint density at radius 3 is 2.29 bits per heavy atom. The van der Waals surface area contributed by atoms with Crippen LogP contribution in [0.4, 0.5) is 22.0 Å². The van der Waals surface area contributed by atoms with Crippen LogP contribution in [-0.4, -0.2) is 49.3 Å². The van der Waals surface area contributed by atoms with E-state index in [1.54, 1.807) is 6.92 Å². The van der Waals surface area contributed by atoms with Gasteiger partial charge in [0.15, 0.2) is 0 Å². The molecule has 1 aliphatic carbocycles. The van der Waals surface area contributed by atoms with Gasteiger partial charge in [0.05, 0.1) is 12.2 Å². The van der Waals surface area contributed by atoms with E-state index in [1.165, 1.54) is 13.0 Å². The third-order valence-electron chi connectivity index (χ3n) is 4.89. The molecule has 2 aliphatic rings. The number of rotatable bonds is 4. The molecule has 1 fully saturated rings. The molecule has 24 heavy (non-hydrogen) atoms. The minimum atomic E-state index is -5.63. The van der Waals surface area contributed by atoms with Crippen LogP contribution in [0.2, 0.25) is 0 Å². The first-order valence-corrected chi connectivity index (χ1v) is 8.11. The van der Waals surface area contributed by atoms with Crippen LogP contribution in [0.1, 0.15) is 33.1 Å². The van der Waals surface area contributed by atoms with E-state index in [4.69, 9.17) is 4.74 Å². The van der Waals surface area contributed by atoms with Gasteiger partial charge < -0.3 is 9.64 Å². The standard InChI is InChI=1S/C17H24F5NO/c1-12-4-5-14(16(18,19)17(20,21)22)15(2,10-12)24-11-13-6-8-23(3)9-7-13/h4-5,13H,6-11H2,1-3H3. The van der Waals surface area contributed by atoms with Gasteiger partial charge in [0.25, 0.3) is 0 Å². The molecule has 0 aromatic heterocycles. The number of halogens is 5. The molecule has 1 atom stereocenters. The van der Waals surface area contributed by atoms with Crippen molar-refractivity contribution in [3.8, 4) is 0 Å². The van der Waals surface area contributed by atoms with E-state index in [2.05, 4.69) is 4.90 Å². The molecule has 7 heteroatoms. The van der Waals surface area contributed by atoms with E-state index in [9.17, 15) is 22.0 Å². The van der Waals surface area contributed by atoms with Crippen LogP contribution in [0.25, 0.3) is 0 Å². The summed E-state index contributed by atoms with van der Waals surface area (Å²) in [6, 6.07) is 0. The summed E-state index contributed by atoms with van der Waals surface area (Å²) < 4.78 is 72.1. The summed E-state index contributed by atoms with van der Waals surface area (Å²) in [7, 11) is 2.00. The summed E-state index contributed by atoms with van der Waals surface area (Å²) in [5.74, 6) is -4.71. The zero-order valence-electron chi connectivity index (χ0n) is 14.2. The number of allylic oxidation sites excluding steroid dienone is 2. The third-order valence-corrected chi connectivity index (χ3v) is 4.89. The van der Waals surface area contributed by atoms with Crippen molar-refractivity contribution < 1.29 is 26.7 Å². The number of hydrogen-bond donors (Lipinski definition) is 0. The number of piperidine rings is 1. The highest BCUT2D eigenvalue weighted by atomic mass is 19.4. The summed E-state index contributed by atoms with van der Waals surface area (Å²) in [6.45, 7) is 5.00. The zero-order chi connectivity index (χ0) is 18.2. The Morgan fingerprint density at radius 2 is 1.75 bits per heavy atom. The molecule has 2 nitrogen and oxygen atoms in total. The van der Waals surface area contributed by atoms with Crippen molar-refractivity contribution in [3.63, 3.8) is 0 Å². The fourth-order valence-electron chi connectivity index (χ4n) is 3.34. The van der Waals surface area contributed by atoms with Crippen LogP contribution in [0, 0.1) is 5.92 Å². The predicted octanol–water partition coefficient (Wildman–Crippen LogP) is 4.58. The summed E-state index contributed by atoms with van der Waals surface area (Å²) >= 11 is 0. The molecule has 0 aromatic rings. The average Bonchev–Trinajstić information content (AvgIpc) is 2.45. The monoisotopic (exact) mass is 353 g/mol. The Morgan fingerprint density at radius 1 is 1.17 bits per heavy atom. The smallest absolute Gasteiger partial charge is 0.370 e. The Balaban J connectivity index is 2.16. The first-order chi connectivity index (χ1) is 11.0. The largest absolute Gasteiger partial charge is 0.457 e. The van der Waals surface area contributed by atoms with Gasteiger partial charge in [-0.15, -0.1) is 0 Å². The molecule has 1 unspecified atom stereocenters. The van der Waals surface area contributed by atoms with Gasteiger partial charge in [0, 0.05) is 12.0 Å². The normalized spacial score (nSPS) is 27.8. The third kappa shape index (κ3) is 3.99. The van der Waals surface area contributed by atoms with Crippen molar-refractivity contribution >= 4 is 0 Å². The Bertz CT molecular complexity index is 518. The van der Waals surface area contributed by atoms with Crippen LogP contribution < -0.4 is 0 Å². The maximum absolute atomic E-state index is 13.9. The number of alkyl halides is 5. The first-order valence-electron chi connectivity index (χ1n) is 8.11. The summed E-state index contributed by atoms with van der Waals surface area (Å²) in [4.78, 5) is 2.16. The molecule has 0 saturated carbocycles. The lowest BCUT2D eigenvalue weighted by molar-refractivity contribution is -0.273. The SMILES string of the molecule is CC1=CC=C(C(F)(F)C(F)(F)F)C(C)(OCC2CCN(C)CC2)C1. The van der Waals surface area contributed by atoms with Crippen LogP contribution in [-0.2, 0) is 4.74 Å². The number of likely N-dealkylation sites (tertiary alicyclic amines) is 1. The molecule has 0 bridgehead atoms. The minimum absolute atomic E-state index is 0.0388. The average molecular weight is 353 g/mol. The number of nitrogens with zero attached hydrogens (tertiary/aromatic N) is 1. The lowest BCUT2D eigenvalue weighted by atomic mass is 9.80. The second kappa shape index (κ2) is 6.75. The van der Waals surface area contributed by atoms with Gasteiger partial charge in [-0.05, 0) is 52.7 Å². The molecule has 0 radical (unpaired) electrons. The van der Waals surface area contributed by atoms with Gasteiger partial charge >= 0.3 is 12.1 Å². The summed E-state index contributed by atoms with van der Waals surface area (Å²) in [6.07, 6.45) is -1.68. The molecule has 0 aromatic carbocycles. The molecule has 0 spiro atoms. The molecular formula is C17H24F5NO. The lowest BCUT2D eigenvalue weighted by Crippen LogP contribution is -2.49. The molecule has 0 N–H and O–H groups in total. The second-order valence-corrected chi connectivity index (χ2v) is 7.13. The molecule has 1 saturated heterocycles. The molecule has 2 rings (SSSR count). The van der Waals surface area contributed by atoms with E-state index in [-0.39, 0.29) is 18.9 Å². The van der Waals surface area contributed by atoms with Crippen molar-refractivity contribution in [1.29, 1.82) is 0 Å². The lowest BCUT2D eigenvalue weighted by Gasteiger charge is -2.40.